The molecule has 0 bridgehead atoms. The largest absolute Gasteiger partial charge is 0.491 e. The minimum absolute atomic E-state index is 0.102. The maximum Gasteiger partial charge on any atom is 0.286 e. The highest BCUT2D eigenvalue weighted by atomic mass is 32.2. The Hall–Kier alpha value is -2.51. The molecule has 0 spiro atoms. The van der Waals surface area contributed by atoms with Crippen molar-refractivity contribution >= 4 is 28.6 Å². The molecule has 1 saturated heterocycles. The van der Waals surface area contributed by atoms with Crippen molar-refractivity contribution < 1.29 is 19.1 Å². The molecule has 1 aliphatic heterocycles. The molecule has 1 heterocycles. The van der Waals surface area contributed by atoms with Gasteiger partial charge in [-0.05, 0) is 61.0 Å². The standard InChI is InChI=1S/C21H24N2O4S/c1-23(2)21(25)28-19-8-4-3-7-18(19)22-20(24)15-9-11-16(12-10-15)27-14-17-6-5-13-26-17/h3-4,7-12,17H,5-6,13-14H2,1-2H3,(H,22,24). The first-order valence-corrected chi connectivity index (χ1v) is 9.98. The molecule has 0 aromatic heterocycles. The second-order valence-electron chi connectivity index (χ2n) is 6.68. The molecule has 0 aliphatic carbocycles. The van der Waals surface area contributed by atoms with Crippen LogP contribution in [0.5, 0.6) is 5.75 Å². The lowest BCUT2D eigenvalue weighted by Gasteiger charge is -2.14. The summed E-state index contributed by atoms with van der Waals surface area (Å²) in [6.07, 6.45) is 2.25. The molecule has 1 N–H and O–H groups in total. The molecule has 2 amide bonds. The van der Waals surface area contributed by atoms with E-state index < -0.39 is 0 Å². The summed E-state index contributed by atoms with van der Waals surface area (Å²) >= 11 is 1.08. The number of nitrogens with one attached hydrogen (secondary N) is 1. The van der Waals surface area contributed by atoms with Crippen molar-refractivity contribution in [1.29, 1.82) is 0 Å². The van der Waals surface area contributed by atoms with Crippen LogP contribution in [0.1, 0.15) is 23.2 Å². The normalized spacial score (nSPS) is 15.9. The van der Waals surface area contributed by atoms with Gasteiger partial charge in [-0.3, -0.25) is 9.59 Å². The molecule has 2 aromatic carbocycles. The van der Waals surface area contributed by atoms with Crippen LogP contribution in [-0.2, 0) is 4.74 Å². The Morgan fingerprint density at radius 3 is 2.61 bits per heavy atom. The number of thioether (sulfide) groups is 1. The number of amides is 2. The molecule has 148 valence electrons. The predicted octanol–water partition coefficient (Wildman–Crippen LogP) is 4.27. The van der Waals surface area contributed by atoms with E-state index in [0.717, 1.165) is 31.2 Å². The van der Waals surface area contributed by atoms with E-state index in [2.05, 4.69) is 5.32 Å². The highest BCUT2D eigenvalue weighted by Crippen LogP contribution is 2.29. The Morgan fingerprint density at radius 2 is 1.93 bits per heavy atom. The van der Waals surface area contributed by atoms with Gasteiger partial charge in [0.15, 0.2) is 0 Å². The molecule has 28 heavy (non-hydrogen) atoms. The first-order chi connectivity index (χ1) is 13.5. The van der Waals surface area contributed by atoms with E-state index in [1.165, 1.54) is 4.90 Å². The van der Waals surface area contributed by atoms with Gasteiger partial charge in [0.05, 0.1) is 11.8 Å². The van der Waals surface area contributed by atoms with Gasteiger partial charge >= 0.3 is 0 Å². The quantitative estimate of drug-likeness (QED) is 0.734. The van der Waals surface area contributed by atoms with Gasteiger partial charge in [0.25, 0.3) is 11.1 Å². The molecule has 1 aliphatic rings. The summed E-state index contributed by atoms with van der Waals surface area (Å²) in [5.41, 5.74) is 1.12. The van der Waals surface area contributed by atoms with Crippen molar-refractivity contribution in [2.24, 2.45) is 0 Å². The molecule has 2 aromatic rings. The highest BCUT2D eigenvalue weighted by Gasteiger charge is 2.16. The number of hydrogen-bond donors (Lipinski definition) is 1. The molecule has 6 nitrogen and oxygen atoms in total. The third-order valence-electron chi connectivity index (χ3n) is 4.27. The Balaban J connectivity index is 1.60. The van der Waals surface area contributed by atoms with E-state index in [9.17, 15) is 9.59 Å². The van der Waals surface area contributed by atoms with Gasteiger partial charge in [0.1, 0.15) is 12.4 Å². The van der Waals surface area contributed by atoms with E-state index in [-0.39, 0.29) is 17.3 Å². The average molecular weight is 401 g/mol. The van der Waals surface area contributed by atoms with Crippen molar-refractivity contribution in [1.82, 2.24) is 4.90 Å². The molecule has 3 rings (SSSR count). The van der Waals surface area contributed by atoms with E-state index in [4.69, 9.17) is 9.47 Å². The number of benzene rings is 2. The van der Waals surface area contributed by atoms with Gasteiger partial charge in [-0.2, -0.15) is 0 Å². The lowest BCUT2D eigenvalue weighted by molar-refractivity contribution is 0.0679. The van der Waals surface area contributed by atoms with Gasteiger partial charge in [-0.15, -0.1) is 0 Å². The Bertz CT molecular complexity index is 817. The van der Waals surface area contributed by atoms with Gasteiger partial charge in [0, 0.05) is 31.2 Å². The lowest BCUT2D eigenvalue weighted by atomic mass is 10.2. The molecular formula is C21H24N2O4S. The number of hydrogen-bond acceptors (Lipinski definition) is 5. The fraction of sp³-hybridized carbons (Fsp3) is 0.333. The SMILES string of the molecule is CN(C)C(=O)Sc1ccccc1NC(=O)c1ccc(OCC2CCCO2)cc1. The van der Waals surface area contributed by atoms with Crippen molar-refractivity contribution in [2.45, 2.75) is 23.8 Å². The smallest absolute Gasteiger partial charge is 0.286 e. The zero-order valence-electron chi connectivity index (χ0n) is 16.0. The van der Waals surface area contributed by atoms with Gasteiger partial charge < -0.3 is 19.7 Å². The summed E-state index contributed by atoms with van der Waals surface area (Å²) in [5, 5.41) is 2.77. The van der Waals surface area contributed by atoms with Crippen molar-refractivity contribution in [3.8, 4) is 5.75 Å². The molecule has 0 saturated carbocycles. The number of nitrogens with zero attached hydrogens (tertiary/aromatic N) is 1. The summed E-state index contributed by atoms with van der Waals surface area (Å²) in [7, 11) is 3.39. The number of para-hydroxylation sites is 1. The molecule has 1 unspecified atom stereocenters. The number of carbonyl (C=O) groups excluding carboxylic acids is 2. The molecule has 1 atom stereocenters. The van der Waals surface area contributed by atoms with Crippen LogP contribution in [-0.4, -0.2) is 49.5 Å². The molecule has 1 fully saturated rings. The van der Waals surface area contributed by atoms with Crippen LogP contribution in [0.4, 0.5) is 10.5 Å². The fourth-order valence-corrected chi connectivity index (χ4v) is 3.45. The van der Waals surface area contributed by atoms with E-state index in [1.54, 1.807) is 44.4 Å². The molecular weight excluding hydrogens is 376 g/mol. The van der Waals surface area contributed by atoms with Crippen LogP contribution in [0, 0.1) is 0 Å². The maximum atomic E-state index is 12.6. The summed E-state index contributed by atoms with van der Waals surface area (Å²) in [4.78, 5) is 26.8. The summed E-state index contributed by atoms with van der Waals surface area (Å²) in [5.74, 6) is 0.468. The predicted molar refractivity (Wildman–Crippen MR) is 110 cm³/mol. The first-order valence-electron chi connectivity index (χ1n) is 9.17. The van der Waals surface area contributed by atoms with E-state index >= 15 is 0 Å². The summed E-state index contributed by atoms with van der Waals surface area (Å²) < 4.78 is 11.3. The monoisotopic (exact) mass is 400 g/mol. The zero-order chi connectivity index (χ0) is 19.9. The van der Waals surface area contributed by atoms with Crippen molar-refractivity contribution in [2.75, 3.05) is 32.6 Å². The first kappa shape index (κ1) is 20.2. The van der Waals surface area contributed by atoms with Crippen LogP contribution in [0.15, 0.2) is 53.4 Å². The van der Waals surface area contributed by atoms with E-state index in [0.29, 0.717) is 28.5 Å². The number of ether oxygens (including phenoxy) is 2. The fourth-order valence-electron chi connectivity index (χ4n) is 2.71. The minimum atomic E-state index is -0.240. The zero-order valence-corrected chi connectivity index (χ0v) is 16.8. The number of anilines is 1. The Kier molecular flexibility index (Phi) is 6.95. The minimum Gasteiger partial charge on any atom is -0.491 e. The van der Waals surface area contributed by atoms with Crippen LogP contribution >= 0.6 is 11.8 Å². The average Bonchev–Trinajstić information content (AvgIpc) is 3.22. The van der Waals surface area contributed by atoms with Gasteiger partial charge in [-0.25, -0.2) is 0 Å². The Morgan fingerprint density at radius 1 is 1.18 bits per heavy atom. The second kappa shape index (κ2) is 9.61. The molecule has 0 radical (unpaired) electrons. The maximum absolute atomic E-state index is 12.6. The lowest BCUT2D eigenvalue weighted by Crippen LogP contribution is -2.17. The highest BCUT2D eigenvalue weighted by molar-refractivity contribution is 8.13. The second-order valence-corrected chi connectivity index (χ2v) is 7.68. The topological polar surface area (TPSA) is 67.9 Å². The van der Waals surface area contributed by atoms with E-state index in [1.807, 2.05) is 18.2 Å². The van der Waals surface area contributed by atoms with Crippen LogP contribution in [0.3, 0.4) is 0 Å². The molecule has 7 heteroatoms. The third kappa shape index (κ3) is 5.50. The number of carbonyl (C=O) groups is 2. The Labute approximate surface area is 169 Å². The van der Waals surface area contributed by atoms with Crippen LogP contribution in [0.2, 0.25) is 0 Å². The summed E-state index contributed by atoms with van der Waals surface area (Å²) in [6.45, 7) is 1.32. The van der Waals surface area contributed by atoms with Crippen molar-refractivity contribution in [3.05, 3.63) is 54.1 Å². The van der Waals surface area contributed by atoms with Gasteiger partial charge in [-0.1, -0.05) is 12.1 Å². The van der Waals surface area contributed by atoms with Gasteiger partial charge in [0.2, 0.25) is 0 Å². The number of rotatable bonds is 6. The third-order valence-corrected chi connectivity index (χ3v) is 5.39. The van der Waals surface area contributed by atoms with Crippen LogP contribution < -0.4 is 10.1 Å². The van der Waals surface area contributed by atoms with Crippen molar-refractivity contribution in [3.63, 3.8) is 0 Å². The summed E-state index contributed by atoms with van der Waals surface area (Å²) in [6, 6.07) is 14.2. The van der Waals surface area contributed by atoms with Crippen LogP contribution in [0.25, 0.3) is 0 Å².